The van der Waals surface area contributed by atoms with Crippen LogP contribution in [0.25, 0.3) is 5.69 Å². The number of carbonyl (C=O) groups excluding carboxylic acids is 1. The largest absolute Gasteiger partial charge is 0.435 e. The fourth-order valence-electron chi connectivity index (χ4n) is 3.42. The number of hydrogen-bond donors (Lipinski definition) is 0. The molecule has 1 amide bonds. The molecular formula is C20H18F4N6O. The first-order valence-corrected chi connectivity index (χ1v) is 9.53. The van der Waals surface area contributed by atoms with Crippen LogP contribution in [0, 0.1) is 5.82 Å². The van der Waals surface area contributed by atoms with Crippen molar-refractivity contribution < 1.29 is 22.4 Å². The van der Waals surface area contributed by atoms with E-state index in [1.165, 1.54) is 4.90 Å². The monoisotopic (exact) mass is 434 g/mol. The maximum atomic E-state index is 13.8. The van der Waals surface area contributed by atoms with Crippen LogP contribution in [0.1, 0.15) is 21.9 Å². The van der Waals surface area contributed by atoms with E-state index in [0.717, 1.165) is 30.0 Å². The molecule has 1 aliphatic heterocycles. The molecule has 0 saturated carbocycles. The fourth-order valence-corrected chi connectivity index (χ4v) is 3.42. The molecule has 0 N–H and O–H groups in total. The number of piperazine rings is 1. The Morgan fingerprint density at radius 3 is 2.32 bits per heavy atom. The zero-order valence-corrected chi connectivity index (χ0v) is 16.3. The first-order chi connectivity index (χ1) is 14.8. The Hall–Kier alpha value is -3.34. The molecule has 4 rings (SSSR count). The molecule has 2 aromatic heterocycles. The average Bonchev–Trinajstić information content (AvgIpc) is 3.21. The normalized spacial score (nSPS) is 15.3. The number of nitrogens with zero attached hydrogens (tertiary/aromatic N) is 6. The highest BCUT2D eigenvalue weighted by Gasteiger charge is 2.43. The summed E-state index contributed by atoms with van der Waals surface area (Å²) in [6.45, 7) is 2.10. The Morgan fingerprint density at radius 2 is 1.71 bits per heavy atom. The maximum absolute atomic E-state index is 13.8. The molecule has 0 aliphatic carbocycles. The Morgan fingerprint density at radius 1 is 1.00 bits per heavy atom. The van der Waals surface area contributed by atoms with Gasteiger partial charge < -0.3 is 4.90 Å². The van der Waals surface area contributed by atoms with Crippen molar-refractivity contribution in [2.24, 2.45) is 0 Å². The van der Waals surface area contributed by atoms with Crippen molar-refractivity contribution in [1.82, 2.24) is 29.8 Å². The summed E-state index contributed by atoms with van der Waals surface area (Å²) in [6, 6.07) is 9.90. The Kier molecular flexibility index (Phi) is 5.68. The number of rotatable bonds is 4. The number of hydrogen-bond acceptors (Lipinski definition) is 5. The molecule has 11 heteroatoms. The lowest BCUT2D eigenvalue weighted by Crippen LogP contribution is -2.48. The second-order valence-corrected chi connectivity index (χ2v) is 7.06. The third kappa shape index (κ3) is 4.55. The van der Waals surface area contributed by atoms with E-state index in [2.05, 4.69) is 20.2 Å². The van der Waals surface area contributed by atoms with Gasteiger partial charge in [0, 0.05) is 38.9 Å². The van der Waals surface area contributed by atoms with Crippen LogP contribution < -0.4 is 0 Å². The van der Waals surface area contributed by atoms with Crippen molar-refractivity contribution in [3.8, 4) is 5.69 Å². The number of pyridine rings is 1. The summed E-state index contributed by atoms with van der Waals surface area (Å²) in [5.41, 5.74) is -1.21. The standard InChI is InChI=1S/C20H18F4N6O/c21-14-4-6-16(7-5-14)30-18(20(22,23)24)17(26-27-30)19(31)29-11-9-28(10-12-29)13-15-3-1-2-8-25-15/h1-8H,9-13H2. The number of aromatic nitrogens is 4. The van der Waals surface area contributed by atoms with Gasteiger partial charge in [-0.2, -0.15) is 13.2 Å². The summed E-state index contributed by atoms with van der Waals surface area (Å²) >= 11 is 0. The summed E-state index contributed by atoms with van der Waals surface area (Å²) in [4.78, 5) is 20.5. The van der Waals surface area contributed by atoms with E-state index < -0.39 is 29.3 Å². The SMILES string of the molecule is O=C(c1nnn(-c2ccc(F)cc2)c1C(F)(F)F)N1CCN(Cc2ccccn2)CC1. The molecule has 3 heterocycles. The van der Waals surface area contributed by atoms with Gasteiger partial charge in [0.25, 0.3) is 5.91 Å². The van der Waals surface area contributed by atoms with Gasteiger partial charge in [-0.05, 0) is 36.4 Å². The third-order valence-electron chi connectivity index (χ3n) is 4.98. The highest BCUT2D eigenvalue weighted by molar-refractivity contribution is 5.93. The summed E-state index contributed by atoms with van der Waals surface area (Å²) in [5.74, 6) is -1.43. The molecule has 0 unspecified atom stereocenters. The fraction of sp³-hybridized carbons (Fsp3) is 0.300. The van der Waals surface area contributed by atoms with Gasteiger partial charge in [0.2, 0.25) is 0 Å². The number of alkyl halides is 3. The summed E-state index contributed by atoms with van der Waals surface area (Å²) in [5, 5.41) is 7.05. The summed E-state index contributed by atoms with van der Waals surface area (Å²) < 4.78 is 55.0. The van der Waals surface area contributed by atoms with Crippen LogP contribution in [0.3, 0.4) is 0 Å². The molecule has 0 radical (unpaired) electrons. The van der Waals surface area contributed by atoms with Gasteiger partial charge in [-0.3, -0.25) is 14.7 Å². The first kappa shape index (κ1) is 20.9. The summed E-state index contributed by atoms with van der Waals surface area (Å²) in [6.07, 6.45) is -3.18. The van der Waals surface area contributed by atoms with Gasteiger partial charge in [0.15, 0.2) is 11.4 Å². The Balaban J connectivity index is 1.52. The maximum Gasteiger partial charge on any atom is 0.435 e. The van der Waals surface area contributed by atoms with Crippen molar-refractivity contribution >= 4 is 5.91 Å². The zero-order chi connectivity index (χ0) is 22.0. The molecule has 3 aromatic rings. The van der Waals surface area contributed by atoms with Crippen LogP contribution in [0.15, 0.2) is 48.7 Å². The Bertz CT molecular complexity index is 1040. The van der Waals surface area contributed by atoms with Gasteiger partial charge in [0.1, 0.15) is 5.82 Å². The molecule has 0 bridgehead atoms. The van der Waals surface area contributed by atoms with Crippen LogP contribution in [-0.4, -0.2) is 61.9 Å². The second-order valence-electron chi connectivity index (χ2n) is 7.06. The number of carbonyl (C=O) groups is 1. The number of halogens is 4. The lowest BCUT2D eigenvalue weighted by atomic mass is 10.2. The highest BCUT2D eigenvalue weighted by atomic mass is 19.4. The van der Waals surface area contributed by atoms with Gasteiger partial charge in [-0.25, -0.2) is 9.07 Å². The van der Waals surface area contributed by atoms with E-state index in [1.807, 2.05) is 18.2 Å². The van der Waals surface area contributed by atoms with E-state index in [1.54, 1.807) is 6.20 Å². The minimum Gasteiger partial charge on any atom is -0.335 e. The summed E-state index contributed by atoms with van der Waals surface area (Å²) in [7, 11) is 0. The van der Waals surface area contributed by atoms with E-state index in [0.29, 0.717) is 24.3 Å². The molecule has 1 fully saturated rings. The van der Waals surface area contributed by atoms with Crippen molar-refractivity contribution in [2.45, 2.75) is 12.7 Å². The van der Waals surface area contributed by atoms with Gasteiger partial charge in [0.05, 0.1) is 11.4 Å². The van der Waals surface area contributed by atoms with Crippen LogP contribution in [0.4, 0.5) is 17.6 Å². The van der Waals surface area contributed by atoms with Gasteiger partial charge in [-0.1, -0.05) is 11.3 Å². The topological polar surface area (TPSA) is 67.2 Å². The van der Waals surface area contributed by atoms with Crippen LogP contribution >= 0.6 is 0 Å². The molecule has 1 aliphatic rings. The van der Waals surface area contributed by atoms with Crippen molar-refractivity contribution in [1.29, 1.82) is 0 Å². The first-order valence-electron chi connectivity index (χ1n) is 9.53. The molecule has 162 valence electrons. The predicted octanol–water partition coefficient (Wildman–Crippen LogP) is 2.78. The lowest BCUT2D eigenvalue weighted by molar-refractivity contribution is -0.143. The minimum atomic E-state index is -4.87. The number of benzene rings is 1. The zero-order valence-electron chi connectivity index (χ0n) is 16.3. The van der Waals surface area contributed by atoms with Crippen molar-refractivity contribution in [2.75, 3.05) is 26.2 Å². The smallest absolute Gasteiger partial charge is 0.335 e. The quantitative estimate of drug-likeness (QED) is 0.591. The molecule has 1 saturated heterocycles. The van der Waals surface area contributed by atoms with E-state index in [9.17, 15) is 22.4 Å². The predicted molar refractivity (Wildman–Crippen MR) is 102 cm³/mol. The number of amides is 1. The lowest BCUT2D eigenvalue weighted by Gasteiger charge is -2.34. The van der Waals surface area contributed by atoms with E-state index in [-0.39, 0.29) is 18.8 Å². The molecular weight excluding hydrogens is 416 g/mol. The van der Waals surface area contributed by atoms with Crippen LogP contribution in [-0.2, 0) is 12.7 Å². The minimum absolute atomic E-state index is 0.0412. The van der Waals surface area contributed by atoms with E-state index >= 15 is 0 Å². The van der Waals surface area contributed by atoms with Crippen molar-refractivity contribution in [3.05, 3.63) is 71.6 Å². The van der Waals surface area contributed by atoms with Crippen LogP contribution in [0.5, 0.6) is 0 Å². The van der Waals surface area contributed by atoms with Gasteiger partial charge >= 0.3 is 6.18 Å². The highest BCUT2D eigenvalue weighted by Crippen LogP contribution is 2.33. The van der Waals surface area contributed by atoms with Crippen LogP contribution in [0.2, 0.25) is 0 Å². The molecule has 1 aromatic carbocycles. The molecule has 7 nitrogen and oxygen atoms in total. The van der Waals surface area contributed by atoms with E-state index in [4.69, 9.17) is 0 Å². The molecule has 31 heavy (non-hydrogen) atoms. The average molecular weight is 434 g/mol. The third-order valence-corrected chi connectivity index (χ3v) is 4.98. The van der Waals surface area contributed by atoms with Gasteiger partial charge in [-0.15, -0.1) is 5.10 Å². The second kappa shape index (κ2) is 8.42. The Labute approximate surface area is 174 Å². The molecule has 0 spiro atoms. The van der Waals surface area contributed by atoms with Crippen molar-refractivity contribution in [3.63, 3.8) is 0 Å². The molecule has 0 atom stereocenters.